The summed E-state index contributed by atoms with van der Waals surface area (Å²) < 4.78 is 27.8. The first-order valence-corrected chi connectivity index (χ1v) is 11.2. The van der Waals surface area contributed by atoms with Gasteiger partial charge < -0.3 is 5.32 Å². The average molecular weight is 423 g/mol. The van der Waals surface area contributed by atoms with E-state index < -0.39 is 10.0 Å². The van der Waals surface area contributed by atoms with E-state index in [-0.39, 0.29) is 10.8 Å². The van der Waals surface area contributed by atoms with Crippen molar-refractivity contribution in [2.45, 2.75) is 31.6 Å². The minimum atomic E-state index is -3.76. The van der Waals surface area contributed by atoms with Gasteiger partial charge in [0.2, 0.25) is 0 Å². The summed E-state index contributed by atoms with van der Waals surface area (Å²) in [5.41, 5.74) is 3.38. The topological polar surface area (TPSA) is 101 Å². The summed E-state index contributed by atoms with van der Waals surface area (Å²) in [6.45, 7) is 4.42. The number of nitrogens with one attached hydrogen (secondary N) is 2. The minimum absolute atomic E-state index is 0.0708. The molecule has 4 rings (SSSR count). The number of nitrogens with zero attached hydrogens (tertiary/aromatic N) is 2. The number of aromatic nitrogens is 1. The van der Waals surface area contributed by atoms with Crippen molar-refractivity contribution >= 4 is 38.4 Å². The van der Waals surface area contributed by atoms with Crippen LogP contribution in [0.25, 0.3) is 10.9 Å². The molecular formula is C22H22N4O3S. The van der Waals surface area contributed by atoms with Crippen molar-refractivity contribution in [3.05, 3.63) is 65.4 Å². The molecule has 154 valence electrons. The van der Waals surface area contributed by atoms with E-state index in [9.17, 15) is 13.2 Å². The molecule has 0 aliphatic carbocycles. The zero-order valence-electron chi connectivity index (χ0n) is 16.8. The Morgan fingerprint density at radius 2 is 1.90 bits per heavy atom. The van der Waals surface area contributed by atoms with Gasteiger partial charge in [-0.1, -0.05) is 17.7 Å². The molecule has 2 aromatic carbocycles. The summed E-state index contributed by atoms with van der Waals surface area (Å²) in [6, 6.07) is 13.7. The first-order chi connectivity index (χ1) is 14.3. The van der Waals surface area contributed by atoms with Gasteiger partial charge in [-0.2, -0.15) is 0 Å². The molecule has 0 atom stereocenters. The normalized spacial score (nSPS) is 13.9. The molecule has 0 saturated heterocycles. The van der Waals surface area contributed by atoms with Crippen molar-refractivity contribution in [2.24, 2.45) is 4.99 Å². The highest BCUT2D eigenvalue weighted by atomic mass is 32.2. The molecule has 8 heteroatoms. The van der Waals surface area contributed by atoms with Gasteiger partial charge in [0.15, 0.2) is 0 Å². The fourth-order valence-corrected chi connectivity index (χ4v) is 4.57. The molecule has 2 N–H and O–H groups in total. The molecule has 1 aliphatic heterocycles. The smallest absolute Gasteiger partial charge is 0.262 e. The Kier molecular flexibility index (Phi) is 5.26. The molecule has 1 aliphatic rings. The van der Waals surface area contributed by atoms with E-state index >= 15 is 0 Å². The number of hydrogen-bond donors (Lipinski definition) is 2. The molecule has 30 heavy (non-hydrogen) atoms. The molecule has 2 heterocycles. The van der Waals surface area contributed by atoms with Crippen molar-refractivity contribution < 1.29 is 13.2 Å². The number of aliphatic imine (C=N–C) groups is 1. The van der Waals surface area contributed by atoms with E-state index in [1.54, 1.807) is 18.2 Å². The molecule has 0 saturated carbocycles. The number of fused-ring (bicyclic) bond motifs is 1. The Morgan fingerprint density at radius 1 is 1.07 bits per heavy atom. The highest BCUT2D eigenvalue weighted by Crippen LogP contribution is 2.22. The van der Waals surface area contributed by atoms with E-state index in [1.807, 2.05) is 32.0 Å². The van der Waals surface area contributed by atoms with E-state index in [4.69, 9.17) is 0 Å². The number of aryl methyl sites for hydroxylation is 2. The third kappa shape index (κ3) is 4.18. The summed E-state index contributed by atoms with van der Waals surface area (Å²) in [7, 11) is -3.76. The number of sulfonamides is 1. The zero-order valence-corrected chi connectivity index (χ0v) is 17.6. The summed E-state index contributed by atoms with van der Waals surface area (Å²) in [6.07, 6.45) is 1.45. The predicted octanol–water partition coefficient (Wildman–Crippen LogP) is 3.57. The summed E-state index contributed by atoms with van der Waals surface area (Å²) >= 11 is 0. The van der Waals surface area contributed by atoms with Crippen molar-refractivity contribution in [1.82, 2.24) is 9.71 Å². The van der Waals surface area contributed by atoms with Crippen LogP contribution < -0.4 is 10.0 Å². The highest BCUT2D eigenvalue weighted by molar-refractivity contribution is 7.90. The van der Waals surface area contributed by atoms with Crippen LogP contribution >= 0.6 is 0 Å². The van der Waals surface area contributed by atoms with Crippen molar-refractivity contribution in [3.8, 4) is 0 Å². The molecule has 0 radical (unpaired) electrons. The number of anilines is 1. The van der Waals surface area contributed by atoms with Gasteiger partial charge in [-0.05, 0) is 56.7 Å². The molecule has 7 nitrogen and oxygen atoms in total. The Morgan fingerprint density at radius 3 is 2.67 bits per heavy atom. The first-order valence-electron chi connectivity index (χ1n) is 9.67. The first kappa shape index (κ1) is 20.0. The summed E-state index contributed by atoms with van der Waals surface area (Å²) in [5, 5.41) is 3.57. The number of carbonyl (C=O) groups excluding carboxylic acids is 1. The lowest BCUT2D eigenvalue weighted by Crippen LogP contribution is -2.29. The van der Waals surface area contributed by atoms with Crippen LogP contribution in [0.4, 0.5) is 5.69 Å². The number of benzene rings is 2. The Balaban J connectivity index is 1.63. The third-order valence-corrected chi connectivity index (χ3v) is 6.24. The van der Waals surface area contributed by atoms with Crippen LogP contribution in [-0.4, -0.2) is 31.7 Å². The van der Waals surface area contributed by atoms with E-state index in [1.165, 1.54) is 12.1 Å². The van der Waals surface area contributed by atoms with Gasteiger partial charge >= 0.3 is 0 Å². The van der Waals surface area contributed by atoms with Crippen LogP contribution in [-0.2, 0) is 10.0 Å². The monoisotopic (exact) mass is 422 g/mol. The SMILES string of the molecule is Cc1ccc2nc(C)cc(C(=O)Nc3cccc(S(=O)(=O)NC4=NCCC4)c3)c2c1. The Labute approximate surface area is 175 Å². The van der Waals surface area contributed by atoms with Crippen molar-refractivity contribution in [1.29, 1.82) is 0 Å². The average Bonchev–Trinajstić information content (AvgIpc) is 3.20. The second kappa shape index (κ2) is 7.87. The van der Waals surface area contributed by atoms with Crippen LogP contribution in [0.3, 0.4) is 0 Å². The van der Waals surface area contributed by atoms with Crippen LogP contribution in [0.15, 0.2) is 58.4 Å². The molecule has 0 fully saturated rings. The number of hydrogen-bond acceptors (Lipinski definition) is 5. The highest BCUT2D eigenvalue weighted by Gasteiger charge is 2.19. The minimum Gasteiger partial charge on any atom is -0.322 e. The maximum atomic E-state index is 13.0. The van der Waals surface area contributed by atoms with E-state index in [0.29, 0.717) is 30.1 Å². The molecule has 1 amide bonds. The maximum Gasteiger partial charge on any atom is 0.262 e. The van der Waals surface area contributed by atoms with Gasteiger partial charge in [-0.25, -0.2) is 8.42 Å². The molecule has 0 unspecified atom stereocenters. The van der Waals surface area contributed by atoms with Gasteiger partial charge in [0.1, 0.15) is 5.84 Å². The molecule has 1 aromatic heterocycles. The predicted molar refractivity (Wildman–Crippen MR) is 117 cm³/mol. The van der Waals surface area contributed by atoms with Crippen LogP contribution in [0, 0.1) is 13.8 Å². The van der Waals surface area contributed by atoms with Crippen molar-refractivity contribution in [3.63, 3.8) is 0 Å². The van der Waals surface area contributed by atoms with Gasteiger partial charge in [0, 0.05) is 29.7 Å². The number of amides is 1. The van der Waals surface area contributed by atoms with Gasteiger partial charge in [0.05, 0.1) is 16.0 Å². The second-order valence-corrected chi connectivity index (χ2v) is 9.03. The van der Waals surface area contributed by atoms with Gasteiger partial charge in [0.25, 0.3) is 15.9 Å². The summed E-state index contributed by atoms with van der Waals surface area (Å²) in [4.78, 5) is 21.7. The molecule has 0 spiro atoms. The number of amidine groups is 1. The maximum absolute atomic E-state index is 13.0. The van der Waals surface area contributed by atoms with Crippen LogP contribution in [0.1, 0.15) is 34.5 Å². The molecular weight excluding hydrogens is 400 g/mol. The zero-order chi connectivity index (χ0) is 21.3. The van der Waals surface area contributed by atoms with Crippen molar-refractivity contribution in [2.75, 3.05) is 11.9 Å². The van der Waals surface area contributed by atoms with Gasteiger partial charge in [-0.3, -0.25) is 19.5 Å². The Hall–Kier alpha value is -3.26. The molecule has 0 bridgehead atoms. The lowest BCUT2D eigenvalue weighted by atomic mass is 10.0. The fraction of sp³-hybridized carbons (Fsp3) is 0.227. The standard InChI is InChI=1S/C22H22N4O3S/c1-14-8-9-20-18(11-14)19(12-15(2)24-20)22(27)25-16-5-3-6-17(13-16)30(28,29)26-21-7-4-10-23-21/h3,5-6,8-9,11-13H,4,7,10H2,1-2H3,(H,23,26)(H,25,27). The second-order valence-electron chi connectivity index (χ2n) is 7.35. The van der Waals surface area contributed by atoms with Crippen LogP contribution in [0.2, 0.25) is 0 Å². The fourth-order valence-electron chi connectivity index (χ4n) is 3.44. The lowest BCUT2D eigenvalue weighted by Gasteiger charge is -2.12. The summed E-state index contributed by atoms with van der Waals surface area (Å²) in [5.74, 6) is 0.150. The van der Waals surface area contributed by atoms with Gasteiger partial charge in [-0.15, -0.1) is 0 Å². The largest absolute Gasteiger partial charge is 0.322 e. The molecule has 3 aromatic rings. The van der Waals surface area contributed by atoms with Crippen LogP contribution in [0.5, 0.6) is 0 Å². The quantitative estimate of drug-likeness (QED) is 0.671. The Bertz CT molecular complexity index is 1280. The van der Waals surface area contributed by atoms with E-state index in [2.05, 4.69) is 20.0 Å². The number of pyridine rings is 1. The number of carbonyl (C=O) groups is 1. The van der Waals surface area contributed by atoms with E-state index in [0.717, 1.165) is 28.6 Å². The number of rotatable bonds is 4. The lowest BCUT2D eigenvalue weighted by molar-refractivity contribution is 0.102. The third-order valence-electron chi connectivity index (χ3n) is 4.87.